The molecule has 0 fully saturated rings. The van der Waals surface area contributed by atoms with Gasteiger partial charge in [0, 0.05) is 25.7 Å². The molecule has 102 heavy (non-hydrogen) atoms. The molecule has 0 bridgehead atoms. The summed E-state index contributed by atoms with van der Waals surface area (Å²) in [5.41, 5.74) is 0. The molecule has 0 aromatic carbocycles. The molecule has 0 aromatic heterocycles. The van der Waals surface area contributed by atoms with Crippen molar-refractivity contribution in [1.29, 1.82) is 0 Å². The first-order valence-electron chi connectivity index (χ1n) is 42.9. The van der Waals surface area contributed by atoms with E-state index in [9.17, 15) is 43.2 Å². The zero-order valence-corrected chi connectivity index (χ0v) is 68.9. The zero-order chi connectivity index (χ0) is 75.1. The second kappa shape index (κ2) is 73.2. The summed E-state index contributed by atoms with van der Waals surface area (Å²) in [5, 5.41) is 10.7. The van der Waals surface area contributed by atoms with Crippen molar-refractivity contribution in [1.82, 2.24) is 0 Å². The lowest BCUT2D eigenvalue weighted by atomic mass is 9.99. The van der Waals surface area contributed by atoms with E-state index in [0.29, 0.717) is 25.7 Å². The van der Waals surface area contributed by atoms with E-state index in [1.54, 1.807) is 0 Å². The average Bonchev–Trinajstić information content (AvgIpc) is 0.910. The van der Waals surface area contributed by atoms with E-state index in [0.717, 1.165) is 108 Å². The SMILES string of the molecule is CCCCCCCCCCCCCCCCCC(=O)O[C@H](COC(=O)CCCCCCCCCCC(C)C)COP(=O)(O)OC[C@H](O)COP(=O)(O)OC[C@@H](COC(=O)CCCCCCCCCCCCCCCCC(C)CC)OC(=O)CCCCCCCCCCCCCCCCCC(C)C. The largest absolute Gasteiger partial charge is 0.472 e. The van der Waals surface area contributed by atoms with Gasteiger partial charge in [0.2, 0.25) is 0 Å². The van der Waals surface area contributed by atoms with Crippen LogP contribution in [0.4, 0.5) is 0 Å². The summed E-state index contributed by atoms with van der Waals surface area (Å²) in [6.45, 7) is 12.0. The van der Waals surface area contributed by atoms with E-state index in [4.69, 9.17) is 37.0 Å². The molecule has 19 heteroatoms. The Labute approximate surface area is 626 Å². The minimum absolute atomic E-state index is 0.108. The van der Waals surface area contributed by atoms with Crippen LogP contribution in [0.2, 0.25) is 0 Å². The van der Waals surface area contributed by atoms with Gasteiger partial charge in [0.05, 0.1) is 26.4 Å². The number of carbonyl (C=O) groups is 4. The minimum atomic E-state index is -4.96. The van der Waals surface area contributed by atoms with E-state index in [2.05, 4.69) is 48.5 Å². The first-order valence-corrected chi connectivity index (χ1v) is 45.9. The van der Waals surface area contributed by atoms with Crippen LogP contribution in [-0.4, -0.2) is 96.7 Å². The number of phosphoric acid groups is 2. The molecule has 0 aliphatic carbocycles. The highest BCUT2D eigenvalue weighted by molar-refractivity contribution is 7.47. The third-order valence-electron chi connectivity index (χ3n) is 19.7. The van der Waals surface area contributed by atoms with Crippen LogP contribution >= 0.6 is 15.6 Å². The number of hydrogen-bond donors (Lipinski definition) is 3. The molecule has 0 aromatic rings. The summed E-state index contributed by atoms with van der Waals surface area (Å²) in [7, 11) is -9.92. The van der Waals surface area contributed by atoms with Crippen LogP contribution in [0.5, 0.6) is 0 Å². The van der Waals surface area contributed by atoms with Gasteiger partial charge in [-0.05, 0) is 43.4 Å². The van der Waals surface area contributed by atoms with E-state index in [-0.39, 0.29) is 25.7 Å². The molecule has 0 heterocycles. The van der Waals surface area contributed by atoms with E-state index in [1.807, 2.05) is 0 Å². The molecule has 0 rings (SSSR count). The Morgan fingerprint density at radius 2 is 0.500 bits per heavy atom. The molecule has 3 N–H and O–H groups in total. The third kappa shape index (κ3) is 74.9. The van der Waals surface area contributed by atoms with Gasteiger partial charge in [-0.1, -0.05) is 382 Å². The van der Waals surface area contributed by atoms with Crippen molar-refractivity contribution in [3.63, 3.8) is 0 Å². The van der Waals surface area contributed by atoms with Gasteiger partial charge in [0.25, 0.3) is 0 Å². The highest BCUT2D eigenvalue weighted by Crippen LogP contribution is 2.45. The van der Waals surface area contributed by atoms with E-state index in [1.165, 1.54) is 244 Å². The maximum atomic E-state index is 13.1. The Hall–Kier alpha value is -1.94. The number of esters is 4. The van der Waals surface area contributed by atoms with Crippen molar-refractivity contribution in [2.45, 2.75) is 452 Å². The van der Waals surface area contributed by atoms with Crippen molar-refractivity contribution in [2.75, 3.05) is 39.6 Å². The van der Waals surface area contributed by atoms with Gasteiger partial charge in [-0.15, -0.1) is 0 Å². The maximum Gasteiger partial charge on any atom is 0.472 e. The lowest BCUT2D eigenvalue weighted by molar-refractivity contribution is -0.161. The minimum Gasteiger partial charge on any atom is -0.462 e. The molecule has 0 amide bonds. The predicted molar refractivity (Wildman–Crippen MR) is 418 cm³/mol. The van der Waals surface area contributed by atoms with Crippen LogP contribution in [0.15, 0.2) is 0 Å². The molecule has 0 spiro atoms. The van der Waals surface area contributed by atoms with Crippen LogP contribution < -0.4 is 0 Å². The van der Waals surface area contributed by atoms with Gasteiger partial charge < -0.3 is 33.8 Å². The van der Waals surface area contributed by atoms with Crippen molar-refractivity contribution in [3.8, 4) is 0 Å². The fourth-order valence-electron chi connectivity index (χ4n) is 12.8. The Bertz CT molecular complexity index is 1980. The van der Waals surface area contributed by atoms with Crippen molar-refractivity contribution in [2.24, 2.45) is 17.8 Å². The van der Waals surface area contributed by atoms with Gasteiger partial charge in [-0.25, -0.2) is 9.13 Å². The van der Waals surface area contributed by atoms with Crippen molar-refractivity contribution >= 4 is 39.5 Å². The standard InChI is InChI=1S/C83H162O17P2/c1-8-10-11-12-13-14-15-16-18-26-31-36-45-52-59-66-83(88)100-79(71-94-81(86)65-58-51-44-39-38-41-48-55-62-75(5)6)73-98-102(91,92)96-69-77(84)68-95-101(89,90)97-72-78(99-82(87)67-60-53-46-37-32-27-20-17-19-23-28-33-40-47-54-61-74(3)4)70-93-80(85)64-57-50-43-35-30-25-22-21-24-29-34-42-49-56-63-76(7)9-2/h74-79,84H,8-73H2,1-7H3,(H,89,90)(H,91,92)/t76?,77-,78-,79-/m1/s1. The second-order valence-electron chi connectivity index (χ2n) is 31.1. The van der Waals surface area contributed by atoms with Crippen LogP contribution in [0.1, 0.15) is 434 Å². The molecule has 606 valence electrons. The molecule has 0 radical (unpaired) electrons. The van der Waals surface area contributed by atoms with Crippen molar-refractivity contribution < 1.29 is 80.2 Å². The summed E-state index contributed by atoms with van der Waals surface area (Å²) in [6.07, 6.45) is 62.3. The quantitative estimate of drug-likeness (QED) is 0.0222. The zero-order valence-electron chi connectivity index (χ0n) is 67.1. The van der Waals surface area contributed by atoms with Crippen LogP contribution in [0.3, 0.4) is 0 Å². The number of ether oxygens (including phenoxy) is 4. The maximum absolute atomic E-state index is 13.1. The molecule has 6 atom stereocenters. The lowest BCUT2D eigenvalue weighted by Crippen LogP contribution is -2.30. The fraction of sp³-hybridized carbons (Fsp3) is 0.952. The number of carbonyl (C=O) groups excluding carboxylic acids is 4. The number of aliphatic hydroxyl groups excluding tert-OH is 1. The monoisotopic (exact) mass is 1490 g/mol. The normalized spacial score (nSPS) is 14.2. The summed E-state index contributed by atoms with van der Waals surface area (Å²) in [4.78, 5) is 73.1. The van der Waals surface area contributed by atoms with Crippen LogP contribution in [-0.2, 0) is 65.4 Å². The molecule has 0 saturated carbocycles. The van der Waals surface area contributed by atoms with Crippen LogP contribution in [0, 0.1) is 17.8 Å². The number of unbranched alkanes of at least 4 members (excludes halogenated alkanes) is 48. The topological polar surface area (TPSA) is 237 Å². The molecule has 0 saturated heterocycles. The second-order valence-corrected chi connectivity index (χ2v) is 34.0. The molecule has 3 unspecified atom stereocenters. The fourth-order valence-corrected chi connectivity index (χ4v) is 14.4. The summed E-state index contributed by atoms with van der Waals surface area (Å²) in [6, 6.07) is 0. The Balaban J connectivity index is 5.26. The highest BCUT2D eigenvalue weighted by atomic mass is 31.2. The average molecular weight is 1490 g/mol. The van der Waals surface area contributed by atoms with Crippen LogP contribution in [0.25, 0.3) is 0 Å². The molecule has 0 aliphatic rings. The molecular weight excluding hydrogens is 1330 g/mol. The van der Waals surface area contributed by atoms with E-state index >= 15 is 0 Å². The Kier molecular flexibility index (Phi) is 71.8. The number of hydrogen-bond acceptors (Lipinski definition) is 15. The lowest BCUT2D eigenvalue weighted by Gasteiger charge is -2.21. The Morgan fingerprint density at radius 1 is 0.284 bits per heavy atom. The third-order valence-corrected chi connectivity index (χ3v) is 21.6. The molecular formula is C83H162O17P2. The highest BCUT2D eigenvalue weighted by Gasteiger charge is 2.30. The van der Waals surface area contributed by atoms with E-state index < -0.39 is 97.5 Å². The number of phosphoric ester groups is 2. The van der Waals surface area contributed by atoms with Gasteiger partial charge in [-0.3, -0.25) is 37.3 Å². The van der Waals surface area contributed by atoms with Gasteiger partial charge in [-0.2, -0.15) is 0 Å². The van der Waals surface area contributed by atoms with Gasteiger partial charge >= 0.3 is 39.5 Å². The predicted octanol–water partition coefficient (Wildman–Crippen LogP) is 24.9. The summed E-state index contributed by atoms with van der Waals surface area (Å²) >= 11 is 0. The Morgan fingerprint density at radius 3 is 0.745 bits per heavy atom. The summed E-state index contributed by atoms with van der Waals surface area (Å²) < 4.78 is 68.8. The molecule has 0 aliphatic heterocycles. The number of aliphatic hydroxyl groups is 1. The van der Waals surface area contributed by atoms with Gasteiger partial charge in [0.1, 0.15) is 19.3 Å². The smallest absolute Gasteiger partial charge is 0.462 e. The van der Waals surface area contributed by atoms with Gasteiger partial charge in [0.15, 0.2) is 12.2 Å². The number of rotatable bonds is 81. The molecule has 17 nitrogen and oxygen atoms in total. The first-order chi connectivity index (χ1) is 49.3. The van der Waals surface area contributed by atoms with Crippen molar-refractivity contribution in [3.05, 3.63) is 0 Å². The summed E-state index contributed by atoms with van der Waals surface area (Å²) in [5.74, 6) is 0.272. The first kappa shape index (κ1) is 100.